The van der Waals surface area contributed by atoms with Crippen LogP contribution in [0.1, 0.15) is 47.3 Å². The molecule has 4 nitrogen and oxygen atoms in total. The average molecular weight is 370 g/mol. The minimum Gasteiger partial charge on any atom is -0.393 e. The first-order valence-electron chi connectivity index (χ1n) is 8.98. The molecule has 0 aliphatic carbocycles. The second kappa shape index (κ2) is 6.85. The van der Waals surface area contributed by atoms with Gasteiger partial charge in [-0.2, -0.15) is 13.2 Å². The maximum Gasteiger partial charge on any atom is 0.416 e. The average Bonchev–Trinajstić information content (AvgIpc) is 2.87. The smallest absolute Gasteiger partial charge is 0.393 e. The van der Waals surface area contributed by atoms with Crippen molar-refractivity contribution >= 4 is 5.91 Å². The lowest BCUT2D eigenvalue weighted by atomic mass is 9.87. The van der Waals surface area contributed by atoms with Crippen LogP contribution >= 0.6 is 0 Å². The van der Waals surface area contributed by atoms with Gasteiger partial charge in [0.2, 0.25) is 0 Å². The minimum absolute atomic E-state index is 0.00422. The van der Waals surface area contributed by atoms with Gasteiger partial charge in [-0.1, -0.05) is 0 Å². The van der Waals surface area contributed by atoms with Crippen LogP contribution in [0.4, 0.5) is 13.2 Å². The molecule has 1 aromatic rings. The van der Waals surface area contributed by atoms with E-state index in [2.05, 4.69) is 4.90 Å². The van der Waals surface area contributed by atoms with Crippen LogP contribution in [-0.4, -0.2) is 53.1 Å². The summed E-state index contributed by atoms with van der Waals surface area (Å²) in [6.45, 7) is 5.00. The Hall–Kier alpha value is -1.60. The van der Waals surface area contributed by atoms with E-state index in [4.69, 9.17) is 0 Å². The summed E-state index contributed by atoms with van der Waals surface area (Å²) in [7, 11) is 1.94. The molecule has 1 aromatic carbocycles. The number of hydrogen-bond acceptors (Lipinski definition) is 3. The molecule has 26 heavy (non-hydrogen) atoms. The zero-order valence-electron chi connectivity index (χ0n) is 15.3. The molecule has 1 saturated heterocycles. The maximum atomic E-state index is 13.6. The molecule has 0 bridgehead atoms. The number of aliphatic hydroxyl groups excluding tert-OH is 1. The molecule has 2 unspecified atom stereocenters. The van der Waals surface area contributed by atoms with E-state index in [1.807, 2.05) is 7.05 Å². The van der Waals surface area contributed by atoms with Crippen LogP contribution in [0.5, 0.6) is 0 Å². The van der Waals surface area contributed by atoms with E-state index >= 15 is 0 Å². The number of carbonyl (C=O) groups excluding carboxylic acids is 1. The monoisotopic (exact) mass is 370 g/mol. The number of aliphatic hydroxyl groups is 1. The number of piperidine rings is 1. The predicted molar refractivity (Wildman–Crippen MR) is 91.8 cm³/mol. The molecule has 2 heterocycles. The number of likely N-dealkylation sites (tertiary alicyclic amines) is 1. The number of rotatable bonds is 3. The third kappa shape index (κ3) is 3.60. The van der Waals surface area contributed by atoms with Crippen molar-refractivity contribution in [2.45, 2.75) is 51.6 Å². The summed E-state index contributed by atoms with van der Waals surface area (Å²) in [5, 5.41) is 10.2. The topological polar surface area (TPSA) is 43.8 Å². The zero-order chi connectivity index (χ0) is 19.2. The predicted octanol–water partition coefficient (Wildman–Crippen LogP) is 2.92. The quantitative estimate of drug-likeness (QED) is 0.890. The fourth-order valence-electron chi connectivity index (χ4n) is 3.98. The molecule has 0 aromatic heterocycles. The molecule has 2 aliphatic rings. The van der Waals surface area contributed by atoms with Crippen LogP contribution in [0.2, 0.25) is 0 Å². The molecular formula is C19H25F3N2O2. The van der Waals surface area contributed by atoms with Gasteiger partial charge in [-0.3, -0.25) is 4.79 Å². The number of carbonyl (C=O) groups is 1. The van der Waals surface area contributed by atoms with Crippen LogP contribution in [0.15, 0.2) is 12.1 Å². The van der Waals surface area contributed by atoms with E-state index < -0.39 is 17.8 Å². The van der Waals surface area contributed by atoms with E-state index in [0.717, 1.165) is 12.6 Å². The van der Waals surface area contributed by atoms with Gasteiger partial charge in [-0.05, 0) is 57.0 Å². The number of benzene rings is 1. The Morgan fingerprint density at radius 1 is 1.31 bits per heavy atom. The van der Waals surface area contributed by atoms with Gasteiger partial charge in [0.25, 0.3) is 5.91 Å². The third-order valence-corrected chi connectivity index (χ3v) is 5.45. The fraction of sp³-hybridized carbons (Fsp3) is 0.632. The van der Waals surface area contributed by atoms with Crippen molar-refractivity contribution in [3.63, 3.8) is 0 Å². The van der Waals surface area contributed by atoms with Crippen molar-refractivity contribution in [2.24, 2.45) is 5.92 Å². The molecule has 3 rings (SSSR count). The summed E-state index contributed by atoms with van der Waals surface area (Å²) in [4.78, 5) is 16.1. The molecule has 7 heteroatoms. The Kier molecular flexibility index (Phi) is 5.05. The number of hydrogen-bond donors (Lipinski definition) is 1. The van der Waals surface area contributed by atoms with E-state index in [1.54, 1.807) is 19.9 Å². The minimum atomic E-state index is -4.50. The molecule has 144 valence electrons. The lowest BCUT2D eigenvalue weighted by Crippen LogP contribution is -2.42. The largest absolute Gasteiger partial charge is 0.416 e. The van der Waals surface area contributed by atoms with Crippen molar-refractivity contribution in [1.82, 2.24) is 9.80 Å². The van der Waals surface area contributed by atoms with Gasteiger partial charge in [0, 0.05) is 37.2 Å². The molecule has 2 aliphatic heterocycles. The first-order valence-corrected chi connectivity index (χ1v) is 8.98. The Balaban J connectivity index is 1.97. The van der Waals surface area contributed by atoms with Crippen LogP contribution in [0.25, 0.3) is 0 Å². The summed E-state index contributed by atoms with van der Waals surface area (Å²) in [5.74, 6) is -0.478. The number of fused-ring (bicyclic) bond motifs is 1. The lowest BCUT2D eigenvalue weighted by Gasteiger charge is -2.34. The second-order valence-corrected chi connectivity index (χ2v) is 7.78. The summed E-state index contributed by atoms with van der Waals surface area (Å²) in [6, 6.07) is 2.60. The van der Waals surface area contributed by atoms with E-state index in [9.17, 15) is 23.1 Å². The van der Waals surface area contributed by atoms with E-state index in [0.29, 0.717) is 24.9 Å². The zero-order valence-corrected chi connectivity index (χ0v) is 15.3. The van der Waals surface area contributed by atoms with Gasteiger partial charge >= 0.3 is 6.18 Å². The molecule has 1 fully saturated rings. The van der Waals surface area contributed by atoms with Gasteiger partial charge in [0.05, 0.1) is 11.7 Å². The standard InChI is InChI=1S/C19H25F3N2O2/c1-11(2)24-10-15-14(18(24)26)7-12(8-16(15)19(20,21)22)6-13-9-23(3)5-4-17(13)25/h7-8,11,13,17,25H,4-6,9-10H2,1-3H3. The Morgan fingerprint density at radius 3 is 2.62 bits per heavy atom. The van der Waals surface area contributed by atoms with E-state index in [-0.39, 0.29) is 35.5 Å². The summed E-state index contributed by atoms with van der Waals surface area (Å²) >= 11 is 0. The molecule has 1 N–H and O–H groups in total. The highest BCUT2D eigenvalue weighted by atomic mass is 19.4. The summed E-state index contributed by atoms with van der Waals surface area (Å²) in [6.07, 6.45) is -4.10. The van der Waals surface area contributed by atoms with Crippen molar-refractivity contribution in [1.29, 1.82) is 0 Å². The number of nitrogens with zero attached hydrogens (tertiary/aromatic N) is 2. The van der Waals surface area contributed by atoms with Gasteiger partial charge in [-0.25, -0.2) is 0 Å². The molecule has 1 amide bonds. The summed E-state index contributed by atoms with van der Waals surface area (Å²) < 4.78 is 40.8. The van der Waals surface area contributed by atoms with Crippen molar-refractivity contribution < 1.29 is 23.1 Å². The molecule has 2 atom stereocenters. The van der Waals surface area contributed by atoms with Gasteiger partial charge in [0.1, 0.15) is 0 Å². The SMILES string of the molecule is CC(C)N1Cc2c(cc(CC3CN(C)CCC3O)cc2C(F)(F)F)C1=O. The van der Waals surface area contributed by atoms with Crippen LogP contribution in [-0.2, 0) is 19.1 Å². The van der Waals surface area contributed by atoms with Gasteiger partial charge in [-0.15, -0.1) is 0 Å². The lowest BCUT2D eigenvalue weighted by molar-refractivity contribution is -0.138. The number of amides is 1. The highest BCUT2D eigenvalue weighted by Gasteiger charge is 2.41. The normalized spacial score (nSPS) is 24.5. The Labute approximate surface area is 151 Å². The second-order valence-electron chi connectivity index (χ2n) is 7.78. The van der Waals surface area contributed by atoms with Gasteiger partial charge in [0.15, 0.2) is 0 Å². The first-order chi connectivity index (χ1) is 12.1. The van der Waals surface area contributed by atoms with E-state index in [1.165, 1.54) is 4.90 Å². The van der Waals surface area contributed by atoms with Crippen molar-refractivity contribution in [3.8, 4) is 0 Å². The van der Waals surface area contributed by atoms with Crippen LogP contribution in [0, 0.1) is 5.92 Å². The molecular weight excluding hydrogens is 345 g/mol. The number of halogens is 3. The van der Waals surface area contributed by atoms with Crippen LogP contribution < -0.4 is 0 Å². The number of alkyl halides is 3. The Morgan fingerprint density at radius 2 is 2.00 bits per heavy atom. The highest BCUT2D eigenvalue weighted by Crippen LogP contribution is 2.39. The van der Waals surface area contributed by atoms with Crippen molar-refractivity contribution in [2.75, 3.05) is 20.1 Å². The van der Waals surface area contributed by atoms with Crippen LogP contribution in [0.3, 0.4) is 0 Å². The summed E-state index contributed by atoms with van der Waals surface area (Å²) in [5.41, 5.74) is -0.0297. The van der Waals surface area contributed by atoms with Gasteiger partial charge < -0.3 is 14.9 Å². The third-order valence-electron chi connectivity index (χ3n) is 5.45. The van der Waals surface area contributed by atoms with Crippen molar-refractivity contribution in [3.05, 3.63) is 34.4 Å². The fourth-order valence-corrected chi connectivity index (χ4v) is 3.98. The maximum absolute atomic E-state index is 13.6. The Bertz CT molecular complexity index is 703. The first kappa shape index (κ1) is 19.2. The molecule has 0 spiro atoms. The molecule has 0 saturated carbocycles. The highest BCUT2D eigenvalue weighted by molar-refractivity contribution is 5.99. The molecule has 0 radical (unpaired) electrons.